The number of methoxy groups -OCH3 is 1. The van der Waals surface area contributed by atoms with Crippen LogP contribution in [-0.4, -0.2) is 30.1 Å². The Kier molecular flexibility index (Phi) is 7.62. The highest BCUT2D eigenvalue weighted by Crippen LogP contribution is 2.19. The molecule has 0 heterocycles. The van der Waals surface area contributed by atoms with Gasteiger partial charge in [-0.1, -0.05) is 26.0 Å². The van der Waals surface area contributed by atoms with E-state index in [1.165, 1.54) is 12.3 Å². The fraction of sp³-hybridized carbons (Fsp3) is 0.286. The number of hydrogen-bond acceptors (Lipinski definition) is 6. The molecule has 1 atom stereocenters. The number of ether oxygens (including phenoxy) is 1. The van der Waals surface area contributed by atoms with Crippen molar-refractivity contribution in [3.05, 3.63) is 63.7 Å². The van der Waals surface area contributed by atoms with Gasteiger partial charge >= 0.3 is 0 Å². The van der Waals surface area contributed by atoms with Gasteiger partial charge in [-0.05, 0) is 37.1 Å². The Morgan fingerprint density at radius 1 is 1.13 bits per heavy atom. The summed E-state index contributed by atoms with van der Waals surface area (Å²) in [7, 11) is 1.54. The lowest BCUT2D eigenvalue weighted by atomic mass is 9.94. The maximum absolute atomic E-state index is 12.6. The van der Waals surface area contributed by atoms with Crippen molar-refractivity contribution in [2.45, 2.75) is 20.8 Å². The third-order valence-electron chi connectivity index (χ3n) is 4.41. The second-order valence-electron chi connectivity index (χ2n) is 6.98. The van der Waals surface area contributed by atoms with Gasteiger partial charge in [0.1, 0.15) is 11.7 Å². The van der Waals surface area contributed by atoms with Crippen LogP contribution in [0.5, 0.6) is 5.75 Å². The normalized spacial score (nSPS) is 11.9. The van der Waals surface area contributed by atoms with Gasteiger partial charge in [0.05, 0.1) is 18.2 Å². The van der Waals surface area contributed by atoms with E-state index in [2.05, 4.69) is 15.8 Å². The fourth-order valence-corrected chi connectivity index (χ4v) is 2.76. The number of benzene rings is 2. The molecule has 2 N–H and O–H groups in total. The maximum Gasteiger partial charge on any atom is 0.272 e. The number of nitro groups is 1. The van der Waals surface area contributed by atoms with Gasteiger partial charge in [-0.2, -0.15) is 5.10 Å². The van der Waals surface area contributed by atoms with Crippen LogP contribution in [0.15, 0.2) is 47.6 Å². The highest BCUT2D eigenvalue weighted by molar-refractivity contribution is 6.06. The number of amides is 2. The monoisotopic (exact) mass is 412 g/mol. The van der Waals surface area contributed by atoms with E-state index in [1.54, 1.807) is 64.3 Å². The van der Waals surface area contributed by atoms with Crippen LogP contribution in [0, 0.1) is 28.9 Å². The molecule has 0 saturated heterocycles. The quantitative estimate of drug-likeness (QED) is 0.298. The van der Waals surface area contributed by atoms with Crippen LogP contribution >= 0.6 is 0 Å². The van der Waals surface area contributed by atoms with Crippen molar-refractivity contribution in [1.29, 1.82) is 0 Å². The zero-order valence-electron chi connectivity index (χ0n) is 17.2. The molecule has 9 nitrogen and oxygen atoms in total. The summed E-state index contributed by atoms with van der Waals surface area (Å²) >= 11 is 0. The maximum atomic E-state index is 12.6. The SMILES string of the molecule is COc1ccc(NC(=O)C(C(=O)NN=Cc2ccc(C)c([N+](=O)[O-])c2)C(C)C)cc1. The summed E-state index contributed by atoms with van der Waals surface area (Å²) in [5, 5.41) is 17.6. The molecule has 2 aromatic carbocycles. The first-order valence-electron chi connectivity index (χ1n) is 9.25. The van der Waals surface area contributed by atoms with E-state index >= 15 is 0 Å². The van der Waals surface area contributed by atoms with Crippen LogP contribution in [0.4, 0.5) is 11.4 Å². The standard InChI is InChI=1S/C21H24N4O5/c1-13(2)19(20(26)23-16-7-9-17(30-4)10-8-16)21(27)24-22-12-15-6-5-14(3)18(11-15)25(28)29/h5-13,19H,1-4H3,(H,23,26)(H,24,27). The number of aryl methyl sites for hydroxylation is 1. The molecule has 0 spiro atoms. The fourth-order valence-electron chi connectivity index (χ4n) is 2.76. The summed E-state index contributed by atoms with van der Waals surface area (Å²) in [6.45, 7) is 5.14. The van der Waals surface area contributed by atoms with Crippen LogP contribution in [-0.2, 0) is 9.59 Å². The Morgan fingerprint density at radius 2 is 1.80 bits per heavy atom. The second-order valence-corrected chi connectivity index (χ2v) is 6.98. The van der Waals surface area contributed by atoms with Gasteiger partial charge < -0.3 is 10.1 Å². The lowest BCUT2D eigenvalue weighted by Crippen LogP contribution is -2.39. The van der Waals surface area contributed by atoms with E-state index in [0.29, 0.717) is 22.6 Å². The van der Waals surface area contributed by atoms with E-state index in [1.807, 2.05) is 0 Å². The molecule has 2 rings (SSSR count). The molecule has 0 aliphatic carbocycles. The highest BCUT2D eigenvalue weighted by Gasteiger charge is 2.30. The van der Waals surface area contributed by atoms with Crippen molar-refractivity contribution in [2.24, 2.45) is 16.9 Å². The number of hydrogen-bond donors (Lipinski definition) is 2. The molecule has 0 bridgehead atoms. The number of rotatable bonds is 8. The predicted octanol–water partition coefficient (Wildman–Crippen LogP) is 3.27. The zero-order valence-corrected chi connectivity index (χ0v) is 17.2. The van der Waals surface area contributed by atoms with Crippen molar-refractivity contribution in [1.82, 2.24) is 5.43 Å². The van der Waals surface area contributed by atoms with E-state index in [0.717, 1.165) is 0 Å². The Bertz CT molecular complexity index is 954. The molecule has 1 unspecified atom stereocenters. The summed E-state index contributed by atoms with van der Waals surface area (Å²) in [6, 6.07) is 11.4. The summed E-state index contributed by atoms with van der Waals surface area (Å²) in [5.41, 5.74) is 3.82. The van der Waals surface area contributed by atoms with Gasteiger partial charge in [-0.25, -0.2) is 5.43 Å². The Hall–Kier alpha value is -3.75. The molecule has 0 fully saturated rings. The largest absolute Gasteiger partial charge is 0.497 e. The van der Waals surface area contributed by atoms with Crippen LogP contribution in [0.3, 0.4) is 0 Å². The molecular formula is C21H24N4O5. The molecule has 2 amide bonds. The first-order valence-corrected chi connectivity index (χ1v) is 9.25. The Balaban J connectivity index is 2.06. The molecule has 0 aliphatic heterocycles. The van der Waals surface area contributed by atoms with Crippen molar-refractivity contribution in [2.75, 3.05) is 12.4 Å². The average molecular weight is 412 g/mol. The molecule has 0 radical (unpaired) electrons. The number of anilines is 1. The van der Waals surface area contributed by atoms with Crippen LogP contribution in [0.2, 0.25) is 0 Å². The van der Waals surface area contributed by atoms with Crippen molar-refractivity contribution in [3.8, 4) is 5.75 Å². The number of carbonyl (C=O) groups is 2. The predicted molar refractivity (Wildman–Crippen MR) is 114 cm³/mol. The van der Waals surface area contributed by atoms with Crippen LogP contribution in [0.25, 0.3) is 0 Å². The van der Waals surface area contributed by atoms with E-state index in [9.17, 15) is 19.7 Å². The number of nitrogens with zero attached hydrogens (tertiary/aromatic N) is 2. The molecule has 0 aliphatic rings. The number of carbonyl (C=O) groups excluding carboxylic acids is 2. The molecule has 30 heavy (non-hydrogen) atoms. The van der Waals surface area contributed by atoms with Gasteiger partial charge in [0.15, 0.2) is 0 Å². The third kappa shape index (κ3) is 5.87. The minimum absolute atomic E-state index is 0.0378. The highest BCUT2D eigenvalue weighted by atomic mass is 16.6. The Labute approximate surface area is 174 Å². The topological polar surface area (TPSA) is 123 Å². The van der Waals surface area contributed by atoms with Gasteiger partial charge in [0.2, 0.25) is 5.91 Å². The first-order chi connectivity index (χ1) is 14.2. The average Bonchev–Trinajstić information content (AvgIpc) is 2.69. The van der Waals surface area contributed by atoms with Gasteiger partial charge in [0, 0.05) is 22.9 Å². The lowest BCUT2D eigenvalue weighted by Gasteiger charge is -2.18. The van der Waals surface area contributed by atoms with Crippen molar-refractivity contribution < 1.29 is 19.2 Å². The first kappa shape index (κ1) is 22.5. The van der Waals surface area contributed by atoms with Crippen LogP contribution < -0.4 is 15.5 Å². The van der Waals surface area contributed by atoms with Gasteiger partial charge in [-0.3, -0.25) is 19.7 Å². The zero-order chi connectivity index (χ0) is 22.3. The van der Waals surface area contributed by atoms with Crippen molar-refractivity contribution >= 4 is 29.4 Å². The van der Waals surface area contributed by atoms with E-state index < -0.39 is 22.7 Å². The minimum Gasteiger partial charge on any atom is -0.497 e. The smallest absolute Gasteiger partial charge is 0.272 e. The molecule has 2 aromatic rings. The van der Waals surface area contributed by atoms with Crippen LogP contribution in [0.1, 0.15) is 25.0 Å². The second kappa shape index (κ2) is 10.1. The molecule has 9 heteroatoms. The summed E-state index contributed by atoms with van der Waals surface area (Å²) in [5.74, 6) is -1.64. The molecule has 0 saturated carbocycles. The third-order valence-corrected chi connectivity index (χ3v) is 4.41. The van der Waals surface area contributed by atoms with Gasteiger partial charge in [-0.15, -0.1) is 0 Å². The number of hydrazone groups is 1. The molecule has 158 valence electrons. The lowest BCUT2D eigenvalue weighted by molar-refractivity contribution is -0.385. The van der Waals surface area contributed by atoms with Crippen molar-refractivity contribution in [3.63, 3.8) is 0 Å². The summed E-state index contributed by atoms with van der Waals surface area (Å²) < 4.78 is 5.08. The summed E-state index contributed by atoms with van der Waals surface area (Å²) in [6.07, 6.45) is 1.29. The Morgan fingerprint density at radius 3 is 2.37 bits per heavy atom. The number of nitro benzene ring substituents is 1. The van der Waals surface area contributed by atoms with E-state index in [-0.39, 0.29) is 11.6 Å². The number of nitrogens with one attached hydrogen (secondary N) is 2. The summed E-state index contributed by atoms with van der Waals surface area (Å²) in [4.78, 5) is 35.7. The molecule has 0 aromatic heterocycles. The molecular weight excluding hydrogens is 388 g/mol. The minimum atomic E-state index is -0.975. The van der Waals surface area contributed by atoms with E-state index in [4.69, 9.17) is 4.74 Å². The van der Waals surface area contributed by atoms with Gasteiger partial charge in [0.25, 0.3) is 11.6 Å².